The number of H-pyrrole nitrogens is 1. The van der Waals surface area contributed by atoms with Crippen molar-refractivity contribution in [2.75, 3.05) is 24.5 Å². The van der Waals surface area contributed by atoms with E-state index in [1.54, 1.807) is 24.7 Å². The average Bonchev–Trinajstić information content (AvgIpc) is 3.22. The van der Waals surface area contributed by atoms with Gasteiger partial charge in [-0.1, -0.05) is 6.07 Å². The van der Waals surface area contributed by atoms with Gasteiger partial charge in [-0.2, -0.15) is 0 Å². The molecule has 0 bridgehead atoms. The molecular formula is C20H24FN7. The molecule has 0 saturated carbocycles. The van der Waals surface area contributed by atoms with E-state index in [9.17, 15) is 4.39 Å². The molecule has 28 heavy (non-hydrogen) atoms. The standard InChI is InChI=1S/C20H24FN7/c21-16-6-8-18(9-7-16)28(19-5-1-2-10-25-19)13-12-27(20(22)23)11-3-4-17-14-24-15-26-17/h1-2,5-10,14-15H,3-4,11-13H2,(H3,22,23)(H,24,26). The summed E-state index contributed by atoms with van der Waals surface area (Å²) in [6, 6.07) is 12.0. The highest BCUT2D eigenvalue weighted by Crippen LogP contribution is 2.23. The molecule has 7 nitrogen and oxygen atoms in total. The number of hydrogen-bond donors (Lipinski definition) is 3. The Kier molecular flexibility index (Phi) is 6.56. The number of pyridine rings is 1. The van der Waals surface area contributed by atoms with Crippen LogP contribution in [-0.4, -0.2) is 45.4 Å². The van der Waals surface area contributed by atoms with E-state index in [2.05, 4.69) is 15.0 Å². The summed E-state index contributed by atoms with van der Waals surface area (Å²) in [5, 5.41) is 7.88. The molecule has 0 aliphatic carbocycles. The zero-order valence-corrected chi connectivity index (χ0v) is 15.6. The highest BCUT2D eigenvalue weighted by atomic mass is 19.1. The van der Waals surface area contributed by atoms with Crippen molar-refractivity contribution in [2.24, 2.45) is 5.73 Å². The van der Waals surface area contributed by atoms with Gasteiger partial charge in [0.15, 0.2) is 5.96 Å². The molecular weight excluding hydrogens is 357 g/mol. The van der Waals surface area contributed by atoms with Gasteiger partial charge in [-0.05, 0) is 49.2 Å². The van der Waals surface area contributed by atoms with E-state index >= 15 is 0 Å². The van der Waals surface area contributed by atoms with Gasteiger partial charge in [-0.25, -0.2) is 14.4 Å². The van der Waals surface area contributed by atoms with Crippen molar-refractivity contribution in [2.45, 2.75) is 12.8 Å². The molecule has 2 heterocycles. The fraction of sp³-hybridized carbons (Fsp3) is 0.250. The number of nitrogens with one attached hydrogen (secondary N) is 2. The van der Waals surface area contributed by atoms with Crippen LogP contribution in [0.3, 0.4) is 0 Å². The second kappa shape index (κ2) is 9.50. The van der Waals surface area contributed by atoms with Crippen LogP contribution in [0.25, 0.3) is 0 Å². The first-order chi connectivity index (χ1) is 13.6. The lowest BCUT2D eigenvalue weighted by Crippen LogP contribution is -2.42. The van der Waals surface area contributed by atoms with E-state index < -0.39 is 0 Å². The van der Waals surface area contributed by atoms with Crippen LogP contribution >= 0.6 is 0 Å². The minimum atomic E-state index is -0.284. The summed E-state index contributed by atoms with van der Waals surface area (Å²) in [5.74, 6) is 0.504. The highest BCUT2D eigenvalue weighted by molar-refractivity contribution is 5.74. The van der Waals surface area contributed by atoms with Crippen LogP contribution in [0.4, 0.5) is 15.9 Å². The fourth-order valence-corrected chi connectivity index (χ4v) is 2.96. The summed E-state index contributed by atoms with van der Waals surface area (Å²) in [6.45, 7) is 1.76. The van der Waals surface area contributed by atoms with Gasteiger partial charge < -0.3 is 20.5 Å². The second-order valence-electron chi connectivity index (χ2n) is 6.35. The summed E-state index contributed by atoms with van der Waals surface area (Å²) < 4.78 is 13.3. The van der Waals surface area contributed by atoms with Crippen molar-refractivity contribution >= 4 is 17.5 Å². The molecule has 0 aliphatic rings. The van der Waals surface area contributed by atoms with E-state index in [1.807, 2.05) is 34.2 Å². The highest BCUT2D eigenvalue weighted by Gasteiger charge is 2.14. The van der Waals surface area contributed by atoms with Gasteiger partial charge in [0, 0.05) is 37.7 Å². The molecule has 8 heteroatoms. The van der Waals surface area contributed by atoms with E-state index in [1.165, 1.54) is 12.1 Å². The van der Waals surface area contributed by atoms with Gasteiger partial charge in [0.2, 0.25) is 0 Å². The van der Waals surface area contributed by atoms with Crippen LogP contribution in [0.2, 0.25) is 0 Å². The quantitative estimate of drug-likeness (QED) is 0.391. The molecule has 1 aromatic carbocycles. The minimum Gasteiger partial charge on any atom is -0.370 e. The van der Waals surface area contributed by atoms with Crippen LogP contribution in [-0.2, 0) is 6.42 Å². The van der Waals surface area contributed by atoms with E-state index in [-0.39, 0.29) is 11.8 Å². The van der Waals surface area contributed by atoms with Crippen LogP contribution < -0.4 is 10.6 Å². The monoisotopic (exact) mass is 381 g/mol. The van der Waals surface area contributed by atoms with Crippen molar-refractivity contribution in [3.63, 3.8) is 0 Å². The number of anilines is 2. The lowest BCUT2D eigenvalue weighted by atomic mass is 10.2. The van der Waals surface area contributed by atoms with E-state index in [0.29, 0.717) is 19.6 Å². The summed E-state index contributed by atoms with van der Waals surface area (Å²) in [6.07, 6.45) is 6.90. The molecule has 0 atom stereocenters. The lowest BCUT2D eigenvalue weighted by Gasteiger charge is -2.29. The molecule has 0 saturated heterocycles. The van der Waals surface area contributed by atoms with Crippen LogP contribution in [0, 0.1) is 11.2 Å². The number of aromatic nitrogens is 3. The van der Waals surface area contributed by atoms with Crippen molar-refractivity contribution in [3.05, 3.63) is 72.7 Å². The van der Waals surface area contributed by atoms with Gasteiger partial charge in [0.05, 0.1) is 12.0 Å². The minimum absolute atomic E-state index is 0.0297. The topological polar surface area (TPSA) is 97.9 Å². The van der Waals surface area contributed by atoms with E-state index in [4.69, 9.17) is 11.1 Å². The Hall–Kier alpha value is -3.42. The first-order valence-corrected chi connectivity index (χ1v) is 9.14. The van der Waals surface area contributed by atoms with Crippen LogP contribution in [0.5, 0.6) is 0 Å². The normalized spacial score (nSPS) is 10.6. The number of aryl methyl sites for hydroxylation is 1. The molecule has 0 spiro atoms. The Morgan fingerprint density at radius 1 is 1.07 bits per heavy atom. The predicted molar refractivity (Wildman–Crippen MR) is 108 cm³/mol. The maximum atomic E-state index is 13.3. The average molecular weight is 381 g/mol. The fourth-order valence-electron chi connectivity index (χ4n) is 2.96. The Balaban J connectivity index is 1.66. The first-order valence-electron chi connectivity index (χ1n) is 9.14. The van der Waals surface area contributed by atoms with Crippen LogP contribution in [0.1, 0.15) is 12.1 Å². The van der Waals surface area contributed by atoms with Gasteiger partial charge in [-0.3, -0.25) is 5.41 Å². The Morgan fingerprint density at radius 2 is 1.89 bits per heavy atom. The maximum absolute atomic E-state index is 13.3. The molecule has 146 valence electrons. The molecule has 0 radical (unpaired) electrons. The Morgan fingerprint density at radius 3 is 2.54 bits per heavy atom. The summed E-state index contributed by atoms with van der Waals surface area (Å²) in [4.78, 5) is 15.4. The molecule has 0 unspecified atom stereocenters. The van der Waals surface area contributed by atoms with Crippen molar-refractivity contribution in [1.82, 2.24) is 19.9 Å². The molecule has 0 aliphatic heterocycles. The third-order valence-electron chi connectivity index (χ3n) is 4.41. The summed E-state index contributed by atoms with van der Waals surface area (Å²) >= 11 is 0. The van der Waals surface area contributed by atoms with Crippen LogP contribution in [0.15, 0.2) is 61.2 Å². The van der Waals surface area contributed by atoms with Crippen molar-refractivity contribution in [1.29, 1.82) is 5.41 Å². The van der Waals surface area contributed by atoms with Gasteiger partial charge in [0.25, 0.3) is 0 Å². The number of hydrogen-bond acceptors (Lipinski definition) is 4. The molecule has 4 N–H and O–H groups in total. The molecule has 0 fully saturated rings. The zero-order valence-electron chi connectivity index (χ0n) is 15.6. The van der Waals surface area contributed by atoms with Gasteiger partial charge in [0.1, 0.15) is 11.6 Å². The number of nitrogens with zero attached hydrogens (tertiary/aromatic N) is 4. The zero-order chi connectivity index (χ0) is 19.8. The summed E-state index contributed by atoms with van der Waals surface area (Å²) in [5.41, 5.74) is 7.61. The molecule has 0 amide bonds. The van der Waals surface area contributed by atoms with Crippen molar-refractivity contribution < 1.29 is 4.39 Å². The number of nitrogens with two attached hydrogens (primary N) is 1. The largest absolute Gasteiger partial charge is 0.370 e. The van der Waals surface area contributed by atoms with E-state index in [0.717, 1.165) is 30.0 Å². The number of rotatable bonds is 9. The Labute approximate surface area is 163 Å². The number of imidazole rings is 1. The third-order valence-corrected chi connectivity index (χ3v) is 4.41. The third kappa shape index (κ3) is 5.29. The molecule has 3 aromatic rings. The number of halogens is 1. The van der Waals surface area contributed by atoms with Gasteiger partial charge >= 0.3 is 0 Å². The lowest BCUT2D eigenvalue weighted by molar-refractivity contribution is 0.410. The predicted octanol–water partition coefficient (Wildman–Crippen LogP) is 2.91. The van der Waals surface area contributed by atoms with Crippen molar-refractivity contribution in [3.8, 4) is 0 Å². The Bertz CT molecular complexity index is 850. The maximum Gasteiger partial charge on any atom is 0.188 e. The summed E-state index contributed by atoms with van der Waals surface area (Å²) in [7, 11) is 0. The molecule has 2 aromatic heterocycles. The SMILES string of the molecule is N=C(N)N(CCCc1c[nH]cn1)CCN(c1ccc(F)cc1)c1ccccn1. The second-order valence-corrected chi connectivity index (χ2v) is 6.35. The number of benzene rings is 1. The number of aromatic amines is 1. The van der Waals surface area contributed by atoms with Gasteiger partial charge in [-0.15, -0.1) is 0 Å². The first kappa shape index (κ1) is 19.3. The molecule has 3 rings (SSSR count). The smallest absolute Gasteiger partial charge is 0.188 e. The number of guanidine groups is 1.